The summed E-state index contributed by atoms with van der Waals surface area (Å²) in [4.78, 5) is 27.1. The van der Waals surface area contributed by atoms with E-state index in [0.717, 1.165) is 0 Å². The van der Waals surface area contributed by atoms with Gasteiger partial charge in [-0.05, 0) is 0 Å². The lowest BCUT2D eigenvalue weighted by Crippen LogP contribution is -2.43. The largest absolute Gasteiger partial charge is 0.344 e. The maximum atomic E-state index is 11.0. The normalized spacial score (nSPS) is 16.6. The van der Waals surface area contributed by atoms with Gasteiger partial charge in [0.25, 0.3) is 0 Å². The second kappa shape index (κ2) is 3.88. The van der Waals surface area contributed by atoms with E-state index in [2.05, 4.69) is 15.6 Å². The van der Waals surface area contributed by atoms with Crippen LogP contribution in [0.3, 0.4) is 0 Å². The van der Waals surface area contributed by atoms with Crippen molar-refractivity contribution in [3.05, 3.63) is 0 Å². The van der Waals surface area contributed by atoms with Gasteiger partial charge in [-0.1, -0.05) is 0 Å². The Bertz CT molecular complexity index is 261. The Morgan fingerprint density at radius 2 is 2.31 bits per heavy atom. The summed E-state index contributed by atoms with van der Waals surface area (Å²) in [6.07, 6.45) is 0.579. The minimum absolute atomic E-state index is 0.322. The van der Waals surface area contributed by atoms with E-state index in [9.17, 15) is 9.59 Å². The zero-order valence-electron chi connectivity index (χ0n) is 7.63. The van der Waals surface area contributed by atoms with Crippen LogP contribution < -0.4 is 10.6 Å². The minimum Gasteiger partial charge on any atom is -0.341 e. The predicted octanol–water partition coefficient (Wildman–Crippen LogP) is -0.231. The molecule has 0 aromatic carbocycles. The monoisotopic (exact) mass is 184 g/mol. The molecule has 6 nitrogen and oxygen atoms in total. The molecule has 0 saturated heterocycles. The molecule has 0 aromatic heterocycles. The van der Waals surface area contributed by atoms with Crippen LogP contribution >= 0.6 is 0 Å². The van der Waals surface area contributed by atoms with Gasteiger partial charge in [0.05, 0.1) is 0 Å². The van der Waals surface area contributed by atoms with Crippen LogP contribution in [0.5, 0.6) is 0 Å². The molecule has 0 aromatic rings. The molecule has 4 amide bonds. The van der Waals surface area contributed by atoms with E-state index >= 15 is 0 Å². The molecule has 0 spiro atoms. The Morgan fingerprint density at radius 1 is 1.62 bits per heavy atom. The summed E-state index contributed by atoms with van der Waals surface area (Å²) >= 11 is 0. The number of urea groups is 2. The SMILES string of the molecule is CNC(=O)NC1=NC(=O)N(C)CC1. The molecule has 1 aliphatic rings. The number of rotatable bonds is 0. The van der Waals surface area contributed by atoms with Crippen molar-refractivity contribution in [2.45, 2.75) is 6.42 Å². The van der Waals surface area contributed by atoms with Gasteiger partial charge in [0.2, 0.25) is 0 Å². The highest BCUT2D eigenvalue weighted by molar-refractivity contribution is 6.03. The van der Waals surface area contributed by atoms with Crippen LogP contribution in [0.2, 0.25) is 0 Å². The first-order valence-corrected chi connectivity index (χ1v) is 3.95. The topological polar surface area (TPSA) is 73.8 Å². The number of hydrogen-bond acceptors (Lipinski definition) is 2. The third kappa shape index (κ3) is 2.43. The van der Waals surface area contributed by atoms with Crippen LogP contribution in [0, 0.1) is 0 Å². The molecule has 0 radical (unpaired) electrons. The average Bonchev–Trinajstić information content (AvgIpc) is 2.11. The van der Waals surface area contributed by atoms with E-state index in [4.69, 9.17) is 0 Å². The third-order valence-electron chi connectivity index (χ3n) is 1.73. The molecule has 6 heteroatoms. The fraction of sp³-hybridized carbons (Fsp3) is 0.571. The van der Waals surface area contributed by atoms with Crippen molar-refractivity contribution in [1.29, 1.82) is 0 Å². The van der Waals surface area contributed by atoms with Crippen molar-refractivity contribution in [1.82, 2.24) is 15.5 Å². The van der Waals surface area contributed by atoms with E-state index in [1.807, 2.05) is 0 Å². The summed E-state index contributed by atoms with van der Waals surface area (Å²) in [6.45, 7) is 0.585. The summed E-state index contributed by atoms with van der Waals surface area (Å²) < 4.78 is 0. The van der Waals surface area contributed by atoms with Gasteiger partial charge >= 0.3 is 12.1 Å². The number of aliphatic imine (C=N–C) groups is 1. The molecule has 1 heterocycles. The highest BCUT2D eigenvalue weighted by atomic mass is 16.2. The molecule has 0 saturated carbocycles. The number of nitrogens with zero attached hydrogens (tertiary/aromatic N) is 2. The average molecular weight is 184 g/mol. The van der Waals surface area contributed by atoms with Crippen molar-refractivity contribution in [3.63, 3.8) is 0 Å². The van der Waals surface area contributed by atoms with E-state index in [1.54, 1.807) is 7.05 Å². The standard InChI is InChI=1S/C7H12N4O2/c1-8-6(12)9-5-3-4-11(2)7(13)10-5/h3-4H2,1-2H3,(H2,8,9,10,12,13). The Labute approximate surface area is 76.0 Å². The molecule has 1 rings (SSSR count). The van der Waals surface area contributed by atoms with Crippen LogP contribution in [0.25, 0.3) is 0 Å². The fourth-order valence-electron chi connectivity index (χ4n) is 0.910. The number of amidine groups is 1. The van der Waals surface area contributed by atoms with Crippen LogP contribution in [-0.2, 0) is 0 Å². The van der Waals surface area contributed by atoms with Crippen molar-refractivity contribution in [2.24, 2.45) is 4.99 Å². The second-order valence-corrected chi connectivity index (χ2v) is 2.72. The second-order valence-electron chi connectivity index (χ2n) is 2.72. The van der Waals surface area contributed by atoms with Crippen LogP contribution in [0.1, 0.15) is 6.42 Å². The zero-order chi connectivity index (χ0) is 9.84. The number of hydrogen-bond donors (Lipinski definition) is 2. The fourth-order valence-corrected chi connectivity index (χ4v) is 0.910. The van der Waals surface area contributed by atoms with Gasteiger partial charge in [0.15, 0.2) is 0 Å². The van der Waals surface area contributed by atoms with Gasteiger partial charge in [-0.25, -0.2) is 9.59 Å². The molecule has 72 valence electrons. The molecule has 2 N–H and O–H groups in total. The highest BCUT2D eigenvalue weighted by Gasteiger charge is 2.16. The first-order chi connectivity index (χ1) is 6.13. The molecule has 0 fully saturated rings. The molecular weight excluding hydrogens is 172 g/mol. The first kappa shape index (κ1) is 9.50. The van der Waals surface area contributed by atoms with Gasteiger partial charge in [-0.2, -0.15) is 4.99 Å². The summed E-state index contributed by atoms with van der Waals surface area (Å²) in [5, 5.41) is 4.85. The summed E-state index contributed by atoms with van der Waals surface area (Å²) in [7, 11) is 3.18. The van der Waals surface area contributed by atoms with Gasteiger partial charge in [0, 0.05) is 27.1 Å². The molecule has 0 aliphatic carbocycles. The van der Waals surface area contributed by atoms with Crippen LogP contribution in [0.4, 0.5) is 9.59 Å². The van der Waals surface area contributed by atoms with Crippen LogP contribution in [0.15, 0.2) is 4.99 Å². The lowest BCUT2D eigenvalue weighted by molar-refractivity contribution is 0.217. The van der Waals surface area contributed by atoms with E-state index in [0.29, 0.717) is 18.8 Å². The van der Waals surface area contributed by atoms with Crippen molar-refractivity contribution < 1.29 is 9.59 Å². The number of carbonyl (C=O) groups is 2. The van der Waals surface area contributed by atoms with E-state index < -0.39 is 0 Å². The summed E-state index contributed by atoms with van der Waals surface area (Å²) in [5.74, 6) is 0.419. The van der Waals surface area contributed by atoms with Gasteiger partial charge in [-0.3, -0.25) is 5.32 Å². The van der Waals surface area contributed by atoms with Crippen molar-refractivity contribution in [2.75, 3.05) is 20.6 Å². The Kier molecular flexibility index (Phi) is 2.84. The van der Waals surface area contributed by atoms with Gasteiger partial charge in [-0.15, -0.1) is 0 Å². The number of nitrogens with one attached hydrogen (secondary N) is 2. The summed E-state index contributed by atoms with van der Waals surface area (Å²) in [5.41, 5.74) is 0. The zero-order valence-corrected chi connectivity index (χ0v) is 7.63. The van der Waals surface area contributed by atoms with Gasteiger partial charge in [0.1, 0.15) is 5.84 Å². The van der Waals surface area contributed by atoms with Gasteiger partial charge < -0.3 is 10.2 Å². The molecule has 0 bridgehead atoms. The highest BCUT2D eigenvalue weighted by Crippen LogP contribution is 2.00. The maximum Gasteiger partial charge on any atom is 0.344 e. The Balaban J connectivity index is 2.57. The number of amides is 4. The Morgan fingerprint density at radius 3 is 2.85 bits per heavy atom. The smallest absolute Gasteiger partial charge is 0.341 e. The molecule has 13 heavy (non-hydrogen) atoms. The third-order valence-corrected chi connectivity index (χ3v) is 1.73. The van der Waals surface area contributed by atoms with Crippen LogP contribution in [-0.4, -0.2) is 43.4 Å². The molecular formula is C7H12N4O2. The maximum absolute atomic E-state index is 11.0. The molecule has 1 aliphatic heterocycles. The predicted molar refractivity (Wildman–Crippen MR) is 47.7 cm³/mol. The number of carbonyl (C=O) groups excluding carboxylic acids is 2. The Hall–Kier alpha value is -1.59. The van der Waals surface area contributed by atoms with Crippen molar-refractivity contribution >= 4 is 17.9 Å². The van der Waals surface area contributed by atoms with E-state index in [-0.39, 0.29) is 12.1 Å². The van der Waals surface area contributed by atoms with Crippen molar-refractivity contribution in [3.8, 4) is 0 Å². The molecule has 0 atom stereocenters. The lowest BCUT2D eigenvalue weighted by atomic mass is 10.3. The first-order valence-electron chi connectivity index (χ1n) is 3.95. The van der Waals surface area contributed by atoms with E-state index in [1.165, 1.54) is 11.9 Å². The minimum atomic E-state index is -0.351. The lowest BCUT2D eigenvalue weighted by Gasteiger charge is -2.20. The molecule has 0 unspecified atom stereocenters. The quantitative estimate of drug-likeness (QED) is 0.545. The summed E-state index contributed by atoms with van der Waals surface area (Å²) in [6, 6.07) is -0.672.